The number of hydrogen-bond acceptors (Lipinski definition) is 3. The number of nitrogens with one attached hydrogen (secondary N) is 1. The molecule has 2 aromatic rings. The molecule has 0 saturated heterocycles. The van der Waals surface area contributed by atoms with Gasteiger partial charge in [-0.05, 0) is 52.4 Å². The summed E-state index contributed by atoms with van der Waals surface area (Å²) in [5.41, 5.74) is 7.54. The zero-order valence-corrected chi connectivity index (χ0v) is 12.2. The molecule has 0 aliphatic rings. The largest absolute Gasteiger partial charge is 0.507 e. The fourth-order valence-electron chi connectivity index (χ4n) is 1.66. The van der Waals surface area contributed by atoms with E-state index in [1.165, 1.54) is 6.07 Å². The molecule has 0 unspecified atom stereocenters. The number of benzene rings is 2. The van der Waals surface area contributed by atoms with Gasteiger partial charge in [0.15, 0.2) is 0 Å². The Kier molecular flexibility index (Phi) is 4.26. The molecule has 0 bridgehead atoms. The van der Waals surface area contributed by atoms with Gasteiger partial charge >= 0.3 is 0 Å². The molecule has 0 atom stereocenters. The SMILES string of the molecule is Nc1ccccc1CNC(=O)c1cc(I)ccc1O. The van der Waals surface area contributed by atoms with E-state index in [0.717, 1.165) is 9.13 Å². The Hall–Kier alpha value is -1.76. The molecule has 19 heavy (non-hydrogen) atoms. The molecule has 0 aliphatic carbocycles. The van der Waals surface area contributed by atoms with Gasteiger partial charge in [-0.2, -0.15) is 0 Å². The van der Waals surface area contributed by atoms with Crippen LogP contribution in [0.25, 0.3) is 0 Å². The number of phenolic OH excluding ortho intramolecular Hbond substituents is 1. The highest BCUT2D eigenvalue weighted by atomic mass is 127. The normalized spacial score (nSPS) is 10.2. The van der Waals surface area contributed by atoms with E-state index < -0.39 is 0 Å². The Bertz CT molecular complexity index is 614. The number of rotatable bonds is 3. The Labute approximate surface area is 124 Å². The lowest BCUT2D eigenvalue weighted by atomic mass is 10.1. The second-order valence-corrected chi connectivity index (χ2v) is 5.29. The highest BCUT2D eigenvalue weighted by molar-refractivity contribution is 14.1. The van der Waals surface area contributed by atoms with Crippen molar-refractivity contribution >= 4 is 34.2 Å². The third-order valence-electron chi connectivity index (χ3n) is 2.70. The van der Waals surface area contributed by atoms with E-state index in [4.69, 9.17) is 5.73 Å². The number of hydrogen-bond donors (Lipinski definition) is 3. The summed E-state index contributed by atoms with van der Waals surface area (Å²) in [6, 6.07) is 12.2. The van der Waals surface area contributed by atoms with Crippen LogP contribution in [-0.4, -0.2) is 11.0 Å². The zero-order valence-electron chi connectivity index (χ0n) is 10.1. The predicted octanol–water partition coefficient (Wildman–Crippen LogP) is 2.51. The maximum absolute atomic E-state index is 12.0. The number of aromatic hydroxyl groups is 1. The van der Waals surface area contributed by atoms with Crippen molar-refractivity contribution in [3.8, 4) is 5.75 Å². The van der Waals surface area contributed by atoms with Crippen molar-refractivity contribution in [3.63, 3.8) is 0 Å². The molecule has 2 aromatic carbocycles. The van der Waals surface area contributed by atoms with Crippen molar-refractivity contribution < 1.29 is 9.90 Å². The average Bonchev–Trinajstić information content (AvgIpc) is 2.40. The zero-order chi connectivity index (χ0) is 13.8. The van der Waals surface area contributed by atoms with E-state index in [1.807, 2.05) is 18.2 Å². The molecule has 0 fully saturated rings. The first-order chi connectivity index (χ1) is 9.08. The standard InChI is InChI=1S/C14H13IN2O2/c15-10-5-6-13(18)11(7-10)14(19)17-8-9-3-1-2-4-12(9)16/h1-7,18H,8,16H2,(H,17,19). The van der Waals surface area contributed by atoms with Crippen LogP contribution in [0.15, 0.2) is 42.5 Å². The van der Waals surface area contributed by atoms with E-state index in [-0.39, 0.29) is 17.2 Å². The van der Waals surface area contributed by atoms with Gasteiger partial charge in [-0.3, -0.25) is 4.79 Å². The summed E-state index contributed by atoms with van der Waals surface area (Å²) in [6.07, 6.45) is 0. The van der Waals surface area contributed by atoms with Gasteiger partial charge in [0.25, 0.3) is 5.91 Å². The molecule has 0 aliphatic heterocycles. The molecule has 2 rings (SSSR count). The topological polar surface area (TPSA) is 75.3 Å². The van der Waals surface area contributed by atoms with Crippen LogP contribution in [0.3, 0.4) is 0 Å². The first-order valence-electron chi connectivity index (χ1n) is 5.68. The van der Waals surface area contributed by atoms with Crippen LogP contribution in [0.1, 0.15) is 15.9 Å². The fourth-order valence-corrected chi connectivity index (χ4v) is 2.15. The number of amides is 1. The summed E-state index contributed by atoms with van der Waals surface area (Å²) in [5.74, 6) is -0.349. The molecule has 98 valence electrons. The summed E-state index contributed by atoms with van der Waals surface area (Å²) in [7, 11) is 0. The van der Waals surface area contributed by atoms with Crippen molar-refractivity contribution in [3.05, 3.63) is 57.2 Å². The molecule has 0 radical (unpaired) electrons. The molecule has 0 heterocycles. The van der Waals surface area contributed by atoms with Gasteiger partial charge in [0.1, 0.15) is 5.75 Å². The smallest absolute Gasteiger partial charge is 0.255 e. The first-order valence-corrected chi connectivity index (χ1v) is 6.76. The number of carbonyl (C=O) groups is 1. The minimum atomic E-state index is -0.320. The first kappa shape index (κ1) is 13.7. The van der Waals surface area contributed by atoms with Gasteiger partial charge in [-0.1, -0.05) is 18.2 Å². The number of para-hydroxylation sites is 1. The van der Waals surface area contributed by atoms with Crippen LogP contribution in [0.4, 0.5) is 5.69 Å². The van der Waals surface area contributed by atoms with Crippen molar-refractivity contribution in [1.82, 2.24) is 5.32 Å². The minimum absolute atomic E-state index is 0.0288. The van der Waals surface area contributed by atoms with Crippen LogP contribution >= 0.6 is 22.6 Å². The summed E-state index contributed by atoms with van der Waals surface area (Å²) in [5, 5.41) is 12.4. The molecule has 0 spiro atoms. The average molecular weight is 368 g/mol. The summed E-state index contributed by atoms with van der Waals surface area (Å²) in [6.45, 7) is 0.330. The molecule has 0 saturated carbocycles. The third kappa shape index (κ3) is 3.37. The van der Waals surface area contributed by atoms with E-state index in [2.05, 4.69) is 27.9 Å². The maximum atomic E-state index is 12.0. The molecule has 0 aromatic heterocycles. The number of anilines is 1. The van der Waals surface area contributed by atoms with Crippen LogP contribution in [0.2, 0.25) is 0 Å². The second-order valence-electron chi connectivity index (χ2n) is 4.04. The van der Waals surface area contributed by atoms with Crippen molar-refractivity contribution in [2.45, 2.75) is 6.54 Å². The summed E-state index contributed by atoms with van der Waals surface area (Å²) >= 11 is 2.09. The number of nitrogens with two attached hydrogens (primary N) is 1. The van der Waals surface area contributed by atoms with Gasteiger partial charge < -0.3 is 16.2 Å². The van der Waals surface area contributed by atoms with Crippen LogP contribution in [0, 0.1) is 3.57 Å². The monoisotopic (exact) mass is 368 g/mol. The van der Waals surface area contributed by atoms with Gasteiger partial charge in [0.05, 0.1) is 5.56 Å². The van der Waals surface area contributed by atoms with Crippen LogP contribution in [-0.2, 0) is 6.54 Å². The quantitative estimate of drug-likeness (QED) is 0.576. The van der Waals surface area contributed by atoms with E-state index in [0.29, 0.717) is 12.2 Å². The van der Waals surface area contributed by atoms with Crippen molar-refractivity contribution in [2.24, 2.45) is 0 Å². The Morgan fingerprint density at radius 3 is 2.74 bits per heavy atom. The number of phenols is 1. The Morgan fingerprint density at radius 1 is 1.26 bits per heavy atom. The van der Waals surface area contributed by atoms with E-state index >= 15 is 0 Å². The van der Waals surface area contributed by atoms with Crippen molar-refractivity contribution in [1.29, 1.82) is 0 Å². The molecule has 5 heteroatoms. The lowest BCUT2D eigenvalue weighted by molar-refractivity contribution is 0.0948. The molecular formula is C14H13IN2O2. The highest BCUT2D eigenvalue weighted by Crippen LogP contribution is 2.19. The van der Waals surface area contributed by atoms with E-state index in [1.54, 1.807) is 18.2 Å². The molecular weight excluding hydrogens is 355 g/mol. The molecule has 1 amide bonds. The number of nitrogen functional groups attached to an aromatic ring is 1. The van der Waals surface area contributed by atoms with E-state index in [9.17, 15) is 9.90 Å². The highest BCUT2D eigenvalue weighted by Gasteiger charge is 2.11. The summed E-state index contributed by atoms with van der Waals surface area (Å²) < 4.78 is 0.889. The third-order valence-corrected chi connectivity index (χ3v) is 3.37. The minimum Gasteiger partial charge on any atom is -0.507 e. The maximum Gasteiger partial charge on any atom is 0.255 e. The van der Waals surface area contributed by atoms with Crippen molar-refractivity contribution in [2.75, 3.05) is 5.73 Å². The van der Waals surface area contributed by atoms with Crippen LogP contribution in [0.5, 0.6) is 5.75 Å². The van der Waals surface area contributed by atoms with Crippen LogP contribution < -0.4 is 11.1 Å². The molecule has 4 nitrogen and oxygen atoms in total. The fraction of sp³-hybridized carbons (Fsp3) is 0.0714. The van der Waals surface area contributed by atoms with Gasteiger partial charge in [0, 0.05) is 15.8 Å². The Balaban J connectivity index is 2.10. The Morgan fingerprint density at radius 2 is 2.00 bits per heavy atom. The predicted molar refractivity (Wildman–Crippen MR) is 82.8 cm³/mol. The second kappa shape index (κ2) is 5.92. The molecule has 4 N–H and O–H groups in total. The lowest BCUT2D eigenvalue weighted by Crippen LogP contribution is -2.23. The van der Waals surface area contributed by atoms with Gasteiger partial charge in [-0.15, -0.1) is 0 Å². The van der Waals surface area contributed by atoms with Gasteiger partial charge in [-0.25, -0.2) is 0 Å². The summed E-state index contributed by atoms with van der Waals surface area (Å²) in [4.78, 5) is 12.0. The van der Waals surface area contributed by atoms with Gasteiger partial charge in [0.2, 0.25) is 0 Å². The number of carbonyl (C=O) groups excluding carboxylic acids is 1. The lowest BCUT2D eigenvalue weighted by Gasteiger charge is -2.09. The number of halogens is 1.